The first-order valence-corrected chi connectivity index (χ1v) is 1.40. The van der Waals surface area contributed by atoms with Gasteiger partial charge in [0.15, 0.2) is 0 Å². The van der Waals surface area contributed by atoms with Crippen LogP contribution >= 0.6 is 0 Å². The Bertz CT molecular complexity index is 17.2. The molecule has 0 spiro atoms. The first kappa shape index (κ1) is 3.99. The molecule has 0 saturated carbocycles. The summed E-state index contributed by atoms with van der Waals surface area (Å²) in [6.45, 7) is 1.38. The molecular formula is H4B3N. The van der Waals surface area contributed by atoms with E-state index in [9.17, 15) is 0 Å². The van der Waals surface area contributed by atoms with Crippen molar-refractivity contribution in [2.75, 3.05) is 0 Å². The molecule has 0 saturated heterocycles. The average molecular weight is 50.5 g/mol. The van der Waals surface area contributed by atoms with Crippen LogP contribution in [0.2, 0.25) is 0 Å². The van der Waals surface area contributed by atoms with E-state index < -0.39 is 0 Å². The molecule has 0 bridgehead atoms. The molecule has 0 heterocycles. The molecule has 0 aromatic rings. The van der Waals surface area contributed by atoms with Crippen LogP contribution in [0.3, 0.4) is 0 Å². The van der Waals surface area contributed by atoms with Crippen molar-refractivity contribution in [1.29, 1.82) is 5.31 Å². The molecule has 0 unspecified atom stereocenters. The molecule has 4 heteroatoms. The van der Waals surface area contributed by atoms with E-state index in [1.807, 2.05) is 7.74 Å². The molecule has 18 valence electrons. The van der Waals surface area contributed by atoms with Gasteiger partial charge in [-0.05, 0) is 0 Å². The summed E-state index contributed by atoms with van der Waals surface area (Å²) >= 11 is 0. The molecule has 0 aliphatic heterocycles. The van der Waals surface area contributed by atoms with Crippen molar-refractivity contribution < 1.29 is 0 Å². The molecular weight excluding hydrogens is 46.4 g/mol. The Kier molecular flexibility index (Phi) is 2.99. The minimum absolute atomic E-state index is 0.861. The molecule has 0 rings (SSSR count). The second kappa shape index (κ2) is 2.99. The van der Waals surface area contributed by atoms with Gasteiger partial charge in [0, 0.05) is 0 Å². The molecule has 4 heavy (non-hydrogen) atoms. The second-order valence-corrected chi connectivity index (χ2v) is 0.612. The fraction of sp³-hybridized carbons (Fsp3) is 0. The Hall–Kier alpha value is -0.00519. The van der Waals surface area contributed by atoms with E-state index in [4.69, 9.17) is 5.31 Å². The Morgan fingerprint density at radius 3 is 2.25 bits per heavy atom. The van der Waals surface area contributed by atoms with Crippen molar-refractivity contribution in [2.45, 2.75) is 0 Å². The average Bonchev–Trinajstić information content (AvgIpc) is 1.37. The fourth-order valence-electron chi connectivity index (χ4n) is 0. The van der Waals surface area contributed by atoms with Crippen molar-refractivity contribution in [3.8, 4) is 0 Å². The summed E-state index contributed by atoms with van der Waals surface area (Å²) in [6, 6.07) is 0. The molecule has 0 atom stereocenters. The molecule has 1 nitrogen and oxygen atoms in total. The SMILES string of the molecule is BBB=N. The van der Waals surface area contributed by atoms with Gasteiger partial charge in [-0.2, -0.15) is 0 Å². The summed E-state index contributed by atoms with van der Waals surface area (Å²) < 4.78 is 0. The predicted molar refractivity (Wildman–Crippen MR) is 24.2 cm³/mol. The summed E-state index contributed by atoms with van der Waals surface area (Å²) in [6.07, 6.45) is 0. The Labute approximate surface area is 28.2 Å². The van der Waals surface area contributed by atoms with Gasteiger partial charge in [0.1, 0.15) is 0 Å². The summed E-state index contributed by atoms with van der Waals surface area (Å²) in [4.78, 5) is 0. The monoisotopic (exact) mass is 51.1 g/mol. The van der Waals surface area contributed by atoms with Crippen molar-refractivity contribution in [1.82, 2.24) is 0 Å². The van der Waals surface area contributed by atoms with Crippen LogP contribution in [-0.4, -0.2) is 21.8 Å². The maximum absolute atomic E-state index is 6.33. The van der Waals surface area contributed by atoms with E-state index in [1.54, 1.807) is 0 Å². The van der Waals surface area contributed by atoms with Crippen LogP contribution in [0.15, 0.2) is 0 Å². The summed E-state index contributed by atoms with van der Waals surface area (Å²) in [5.41, 5.74) is 0. The molecule has 1 N–H and O–H groups in total. The van der Waals surface area contributed by atoms with E-state index >= 15 is 0 Å². The zero-order valence-corrected chi connectivity index (χ0v) is 2.78. The third-order valence-corrected chi connectivity index (χ3v) is 0.204. The molecule has 0 amide bonds. The van der Waals surface area contributed by atoms with Gasteiger partial charge in [0.05, 0.1) is 0 Å². The van der Waals surface area contributed by atoms with E-state index in [-0.39, 0.29) is 0 Å². The zero-order chi connectivity index (χ0) is 3.41. The summed E-state index contributed by atoms with van der Waals surface area (Å²) in [5, 5.41) is 6.33. The Morgan fingerprint density at radius 1 is 2.00 bits per heavy atom. The zero-order valence-electron chi connectivity index (χ0n) is 2.78. The van der Waals surface area contributed by atoms with Crippen LogP contribution in [0.5, 0.6) is 0 Å². The third kappa shape index (κ3) is 1.99. The Morgan fingerprint density at radius 2 is 2.25 bits per heavy atom. The molecule has 0 fully saturated rings. The summed E-state index contributed by atoms with van der Waals surface area (Å²) in [7, 11) is 2.80. The van der Waals surface area contributed by atoms with E-state index in [0.29, 0.717) is 0 Å². The van der Waals surface area contributed by atoms with E-state index in [1.165, 1.54) is 6.96 Å². The first-order chi connectivity index (χ1) is 1.91. The van der Waals surface area contributed by atoms with Crippen molar-refractivity contribution >= 4 is 21.8 Å². The molecule has 0 aliphatic rings. The predicted octanol–water partition coefficient (Wildman–Crippen LogP) is -1.65. The maximum atomic E-state index is 6.33. The van der Waals surface area contributed by atoms with Crippen molar-refractivity contribution in [3.05, 3.63) is 0 Å². The van der Waals surface area contributed by atoms with Crippen LogP contribution < -0.4 is 0 Å². The standard InChI is InChI=1S/B3H4N/c1-2-3-4/h2,4H,1H2. The van der Waals surface area contributed by atoms with Gasteiger partial charge in [-0.3, -0.25) is 0 Å². The number of rotatable bonds is 1. The Balaban J connectivity index is 2.30. The number of hydrogen-bond acceptors (Lipinski definition) is 1. The normalized spacial score (nSPS) is 4.00. The fourth-order valence-corrected chi connectivity index (χ4v) is 0. The van der Waals surface area contributed by atoms with Crippen LogP contribution in [0.25, 0.3) is 0 Å². The molecule has 0 aliphatic carbocycles. The van der Waals surface area contributed by atoms with E-state index in [0.717, 1.165) is 7.06 Å². The van der Waals surface area contributed by atoms with Crippen molar-refractivity contribution in [2.24, 2.45) is 0 Å². The minimum atomic E-state index is 0.861. The van der Waals surface area contributed by atoms with Gasteiger partial charge in [0.2, 0.25) is 0 Å². The van der Waals surface area contributed by atoms with Crippen LogP contribution in [0.1, 0.15) is 0 Å². The molecule has 0 aromatic carbocycles. The third-order valence-electron chi connectivity index (χ3n) is 0.204. The molecule has 0 aromatic heterocycles. The summed E-state index contributed by atoms with van der Waals surface area (Å²) in [5.74, 6) is 0. The first-order valence-electron chi connectivity index (χ1n) is 1.40. The second-order valence-electron chi connectivity index (χ2n) is 0.612. The quantitative estimate of drug-likeness (QED) is 0.345. The number of hydrogen-bond donors (Lipinski definition) is 1. The van der Waals surface area contributed by atoms with Crippen LogP contribution in [0, 0.1) is 5.31 Å². The van der Waals surface area contributed by atoms with Gasteiger partial charge in [-0.1, -0.05) is 0 Å². The van der Waals surface area contributed by atoms with Gasteiger partial charge < -0.3 is 0 Å². The topological polar surface area (TPSA) is 23.9 Å². The number of nitrogens with one attached hydrogen (secondary N) is 1. The van der Waals surface area contributed by atoms with Crippen LogP contribution in [-0.2, 0) is 0 Å². The van der Waals surface area contributed by atoms with Gasteiger partial charge >= 0.3 is 27.1 Å². The van der Waals surface area contributed by atoms with Gasteiger partial charge in [0.25, 0.3) is 0 Å². The van der Waals surface area contributed by atoms with E-state index in [2.05, 4.69) is 0 Å². The molecule has 0 radical (unpaired) electrons. The van der Waals surface area contributed by atoms with Gasteiger partial charge in [-0.15, -0.1) is 0 Å². The van der Waals surface area contributed by atoms with Gasteiger partial charge in [-0.25, -0.2) is 0 Å². The van der Waals surface area contributed by atoms with Crippen molar-refractivity contribution in [3.63, 3.8) is 0 Å². The van der Waals surface area contributed by atoms with Crippen LogP contribution in [0.4, 0.5) is 0 Å².